The van der Waals surface area contributed by atoms with Gasteiger partial charge in [0.1, 0.15) is 5.56 Å². The van der Waals surface area contributed by atoms with Gasteiger partial charge in [0.25, 0.3) is 11.5 Å². The number of rotatable bonds is 5. The maximum absolute atomic E-state index is 12.9. The molecule has 0 aliphatic heterocycles. The van der Waals surface area contributed by atoms with E-state index in [1.165, 1.54) is 26.4 Å². The highest BCUT2D eigenvalue weighted by molar-refractivity contribution is 6.03. The molecular weight excluding hydrogens is 374 g/mol. The van der Waals surface area contributed by atoms with Crippen molar-refractivity contribution in [1.82, 2.24) is 9.55 Å². The first kappa shape index (κ1) is 19.9. The van der Waals surface area contributed by atoms with Gasteiger partial charge in [0, 0.05) is 18.0 Å². The lowest BCUT2D eigenvalue weighted by atomic mass is 10.1. The summed E-state index contributed by atoms with van der Waals surface area (Å²) in [5.41, 5.74) is 1.14. The highest BCUT2D eigenvalue weighted by atomic mass is 16.5. The fraction of sp³-hybridized carbons (Fsp3) is 0.190. The number of amides is 1. The van der Waals surface area contributed by atoms with Crippen molar-refractivity contribution in [1.29, 1.82) is 0 Å². The summed E-state index contributed by atoms with van der Waals surface area (Å²) < 4.78 is 11.3. The topological polar surface area (TPSA) is 102 Å². The van der Waals surface area contributed by atoms with Crippen LogP contribution in [0.1, 0.15) is 21.5 Å². The van der Waals surface area contributed by atoms with Crippen molar-refractivity contribution in [2.24, 2.45) is 0 Å². The van der Waals surface area contributed by atoms with Crippen molar-refractivity contribution < 1.29 is 14.3 Å². The van der Waals surface area contributed by atoms with Crippen molar-refractivity contribution in [3.63, 3.8) is 0 Å². The van der Waals surface area contributed by atoms with Crippen LogP contribution >= 0.6 is 0 Å². The van der Waals surface area contributed by atoms with Gasteiger partial charge in [-0.15, -0.1) is 0 Å². The van der Waals surface area contributed by atoms with Gasteiger partial charge in [-0.2, -0.15) is 0 Å². The van der Waals surface area contributed by atoms with E-state index >= 15 is 0 Å². The number of nitrogens with zero attached hydrogens (tertiary/aromatic N) is 1. The lowest BCUT2D eigenvalue weighted by Crippen LogP contribution is -2.38. The second-order valence-electron chi connectivity index (χ2n) is 6.52. The number of nitrogens with one attached hydrogen (secondary N) is 2. The fourth-order valence-electron chi connectivity index (χ4n) is 3.08. The Labute approximate surface area is 166 Å². The van der Waals surface area contributed by atoms with Crippen molar-refractivity contribution >= 4 is 11.6 Å². The van der Waals surface area contributed by atoms with Gasteiger partial charge >= 0.3 is 5.69 Å². The molecule has 0 saturated heterocycles. The van der Waals surface area contributed by atoms with Gasteiger partial charge in [0.15, 0.2) is 11.5 Å². The third-order valence-electron chi connectivity index (χ3n) is 4.33. The maximum atomic E-state index is 12.9. The van der Waals surface area contributed by atoms with Gasteiger partial charge in [-0.25, -0.2) is 9.36 Å². The van der Waals surface area contributed by atoms with Gasteiger partial charge < -0.3 is 19.8 Å². The number of hydrogen-bond donors (Lipinski definition) is 2. The second-order valence-corrected chi connectivity index (χ2v) is 6.52. The van der Waals surface area contributed by atoms with E-state index in [-0.39, 0.29) is 11.3 Å². The molecule has 0 atom stereocenters. The molecule has 0 spiro atoms. The number of H-pyrrole nitrogens is 1. The molecule has 29 heavy (non-hydrogen) atoms. The molecule has 8 heteroatoms. The maximum Gasteiger partial charge on any atom is 0.333 e. The molecule has 0 aliphatic rings. The Balaban J connectivity index is 2.04. The number of carbonyl (C=O) groups excluding carboxylic acids is 1. The molecule has 0 bridgehead atoms. The molecule has 2 N–H and O–H groups in total. The van der Waals surface area contributed by atoms with E-state index in [9.17, 15) is 14.4 Å². The zero-order valence-electron chi connectivity index (χ0n) is 16.5. The number of aromatic amines is 1. The molecule has 1 aromatic heterocycles. The number of anilines is 1. The van der Waals surface area contributed by atoms with E-state index < -0.39 is 17.2 Å². The number of hydrogen-bond acceptors (Lipinski definition) is 5. The van der Waals surface area contributed by atoms with Crippen LogP contribution in [-0.2, 0) is 0 Å². The summed E-state index contributed by atoms with van der Waals surface area (Å²) in [6.07, 6.45) is 1.11. The third kappa shape index (κ3) is 4.06. The van der Waals surface area contributed by atoms with Gasteiger partial charge in [-0.3, -0.25) is 9.59 Å². The standard InChI is InChI=1S/C21H21N3O5/c1-12-7-13(2)9-14(8-12)23-19(25)16-11-22-21(27)24(20(16)26)15-5-6-17(28-3)18(10-15)29-4/h5-11H,1-4H3,(H,22,27)(H,23,25). The minimum Gasteiger partial charge on any atom is -0.493 e. The smallest absolute Gasteiger partial charge is 0.333 e. The Kier molecular flexibility index (Phi) is 5.54. The quantitative estimate of drug-likeness (QED) is 0.691. The van der Waals surface area contributed by atoms with Crippen LogP contribution in [0.5, 0.6) is 11.5 Å². The van der Waals surface area contributed by atoms with Crippen LogP contribution in [-0.4, -0.2) is 29.7 Å². The first-order valence-corrected chi connectivity index (χ1v) is 8.81. The molecule has 150 valence electrons. The Morgan fingerprint density at radius 2 is 1.62 bits per heavy atom. The molecule has 0 radical (unpaired) electrons. The van der Waals surface area contributed by atoms with E-state index in [2.05, 4.69) is 10.3 Å². The molecule has 8 nitrogen and oxygen atoms in total. The summed E-state index contributed by atoms with van der Waals surface area (Å²) in [5.74, 6) is 0.177. The number of aryl methyl sites for hydroxylation is 2. The summed E-state index contributed by atoms with van der Waals surface area (Å²) in [7, 11) is 2.93. The molecule has 3 aromatic rings. The zero-order valence-corrected chi connectivity index (χ0v) is 16.5. The summed E-state index contributed by atoms with van der Waals surface area (Å²) in [6, 6.07) is 10.2. The Morgan fingerprint density at radius 3 is 2.24 bits per heavy atom. The van der Waals surface area contributed by atoms with Crippen molar-refractivity contribution in [2.75, 3.05) is 19.5 Å². The third-order valence-corrected chi connectivity index (χ3v) is 4.33. The molecule has 3 rings (SSSR count). The van der Waals surface area contributed by atoms with Crippen LogP contribution in [0.2, 0.25) is 0 Å². The van der Waals surface area contributed by atoms with E-state index in [1.807, 2.05) is 19.9 Å². The van der Waals surface area contributed by atoms with Gasteiger partial charge in [0.05, 0.1) is 19.9 Å². The Bertz CT molecular complexity index is 1170. The van der Waals surface area contributed by atoms with E-state index in [1.54, 1.807) is 18.2 Å². The molecule has 0 aliphatic carbocycles. The summed E-state index contributed by atoms with van der Waals surface area (Å²) in [6.45, 7) is 3.82. The lowest BCUT2D eigenvalue weighted by Gasteiger charge is -2.12. The van der Waals surface area contributed by atoms with Crippen LogP contribution in [0.15, 0.2) is 52.2 Å². The monoisotopic (exact) mass is 395 g/mol. The largest absolute Gasteiger partial charge is 0.493 e. The molecule has 0 fully saturated rings. The van der Waals surface area contributed by atoms with Crippen LogP contribution in [0.25, 0.3) is 5.69 Å². The highest BCUT2D eigenvalue weighted by Gasteiger charge is 2.17. The number of carbonyl (C=O) groups is 1. The average molecular weight is 395 g/mol. The fourth-order valence-corrected chi connectivity index (χ4v) is 3.08. The molecule has 1 heterocycles. The van der Waals surface area contributed by atoms with Gasteiger partial charge in [0.2, 0.25) is 0 Å². The summed E-state index contributed by atoms with van der Waals surface area (Å²) in [4.78, 5) is 40.4. The van der Waals surface area contributed by atoms with E-state index in [0.29, 0.717) is 17.2 Å². The minimum atomic E-state index is -0.747. The van der Waals surface area contributed by atoms with Crippen molar-refractivity contribution in [3.8, 4) is 17.2 Å². The first-order chi connectivity index (χ1) is 13.8. The van der Waals surface area contributed by atoms with Crippen LogP contribution in [0.4, 0.5) is 5.69 Å². The lowest BCUT2D eigenvalue weighted by molar-refractivity contribution is 0.102. The molecule has 0 saturated carbocycles. The molecular formula is C21H21N3O5. The van der Waals surface area contributed by atoms with E-state index in [4.69, 9.17) is 9.47 Å². The number of ether oxygens (including phenoxy) is 2. The number of methoxy groups -OCH3 is 2. The SMILES string of the molecule is COc1ccc(-n2c(=O)[nH]cc(C(=O)Nc3cc(C)cc(C)c3)c2=O)cc1OC. The number of aromatic nitrogens is 2. The highest BCUT2D eigenvalue weighted by Crippen LogP contribution is 2.28. The predicted molar refractivity (Wildman–Crippen MR) is 110 cm³/mol. The van der Waals surface area contributed by atoms with Crippen molar-refractivity contribution in [3.05, 3.63) is 80.1 Å². The summed E-state index contributed by atoms with van der Waals surface area (Å²) >= 11 is 0. The molecule has 0 unspecified atom stereocenters. The molecule has 2 aromatic carbocycles. The Morgan fingerprint density at radius 1 is 0.966 bits per heavy atom. The molecule has 1 amide bonds. The zero-order chi connectivity index (χ0) is 21.1. The van der Waals surface area contributed by atoms with Crippen LogP contribution in [0.3, 0.4) is 0 Å². The number of benzene rings is 2. The Hall–Kier alpha value is -3.81. The van der Waals surface area contributed by atoms with E-state index in [0.717, 1.165) is 21.9 Å². The summed E-state index contributed by atoms with van der Waals surface area (Å²) in [5, 5.41) is 2.70. The van der Waals surface area contributed by atoms with Crippen molar-refractivity contribution in [2.45, 2.75) is 13.8 Å². The van der Waals surface area contributed by atoms with Crippen LogP contribution < -0.4 is 26.0 Å². The van der Waals surface area contributed by atoms with Gasteiger partial charge in [-0.1, -0.05) is 6.07 Å². The normalized spacial score (nSPS) is 10.5. The predicted octanol–water partition coefficient (Wildman–Crippen LogP) is 2.41. The van der Waals surface area contributed by atoms with Gasteiger partial charge in [-0.05, 0) is 49.2 Å². The average Bonchev–Trinajstić information content (AvgIpc) is 2.67. The van der Waals surface area contributed by atoms with Crippen LogP contribution in [0, 0.1) is 13.8 Å². The minimum absolute atomic E-state index is 0.196. The second kappa shape index (κ2) is 8.05. The first-order valence-electron chi connectivity index (χ1n) is 8.81.